The van der Waals surface area contributed by atoms with Crippen LogP contribution in [-0.4, -0.2) is 59.3 Å². The molecule has 0 aliphatic carbocycles. The van der Waals surface area contributed by atoms with Gasteiger partial charge in [0.15, 0.2) is 26.4 Å². The summed E-state index contributed by atoms with van der Waals surface area (Å²) in [7, 11) is -1.91. The van der Waals surface area contributed by atoms with Crippen LogP contribution in [0.1, 0.15) is 61.8 Å². The fourth-order valence-electron chi connectivity index (χ4n) is 4.87. The topological polar surface area (TPSA) is 84.7 Å². The van der Waals surface area contributed by atoms with E-state index in [4.69, 9.17) is 30.2 Å². The summed E-state index contributed by atoms with van der Waals surface area (Å²) in [6.45, 7) is 17.3. The number of carbonyl (C=O) groups is 1. The third-order valence-electron chi connectivity index (χ3n) is 7.91. The lowest BCUT2D eigenvalue weighted by molar-refractivity contribution is -0.190. The van der Waals surface area contributed by atoms with Crippen LogP contribution in [0.4, 0.5) is 0 Å². The Labute approximate surface area is 233 Å². The van der Waals surface area contributed by atoms with Crippen LogP contribution in [0.2, 0.25) is 22.5 Å². The molecular weight excluding hydrogens is 542 g/mol. The van der Waals surface area contributed by atoms with E-state index in [2.05, 4.69) is 43.8 Å². The fraction of sp³-hybridized carbons (Fsp3) is 0.593. The van der Waals surface area contributed by atoms with Crippen LogP contribution in [0.5, 0.6) is 0 Å². The van der Waals surface area contributed by atoms with Crippen LogP contribution < -0.4 is 0 Å². The largest absolute Gasteiger partial charge is 0.416 e. The smallest absolute Gasteiger partial charge is 0.204 e. The van der Waals surface area contributed by atoms with Crippen molar-refractivity contribution in [1.82, 2.24) is 14.5 Å². The quantitative estimate of drug-likeness (QED) is 0.240. The Morgan fingerprint density at radius 1 is 1.24 bits per heavy atom. The Kier molecular flexibility index (Phi) is 7.16. The maximum absolute atomic E-state index is 14.0. The second-order valence-corrected chi connectivity index (χ2v) is 18.6. The third kappa shape index (κ3) is 5.00. The maximum atomic E-state index is 14.0. The van der Waals surface area contributed by atoms with Gasteiger partial charge in [-0.05, 0) is 63.0 Å². The van der Waals surface area contributed by atoms with E-state index in [0.29, 0.717) is 22.2 Å². The Balaban J connectivity index is 1.41. The van der Waals surface area contributed by atoms with Crippen molar-refractivity contribution >= 4 is 48.1 Å². The molecule has 0 unspecified atom stereocenters. The molecule has 11 heteroatoms. The molecule has 0 amide bonds. The molecule has 0 spiro atoms. The minimum atomic E-state index is -1.91. The van der Waals surface area contributed by atoms with Crippen molar-refractivity contribution in [3.05, 3.63) is 45.1 Å². The first kappa shape index (κ1) is 27.9. The molecule has 2 fully saturated rings. The lowest BCUT2D eigenvalue weighted by Gasteiger charge is -2.36. The number of aryl methyl sites for hydroxylation is 1. The number of nitrogens with zero attached hydrogens (tertiary/aromatic N) is 3. The van der Waals surface area contributed by atoms with E-state index in [9.17, 15) is 4.79 Å². The number of halogens is 1. The summed E-state index contributed by atoms with van der Waals surface area (Å²) < 4.78 is 27.8. The third-order valence-corrected chi connectivity index (χ3v) is 13.8. The highest BCUT2D eigenvalue weighted by atomic mass is 35.5. The van der Waals surface area contributed by atoms with Gasteiger partial charge in [0, 0.05) is 18.2 Å². The van der Waals surface area contributed by atoms with E-state index in [1.54, 1.807) is 0 Å². The van der Waals surface area contributed by atoms with E-state index in [-0.39, 0.29) is 10.8 Å². The van der Waals surface area contributed by atoms with Crippen molar-refractivity contribution in [2.45, 2.75) is 96.4 Å². The van der Waals surface area contributed by atoms with Gasteiger partial charge >= 0.3 is 0 Å². The molecular formula is C27H36ClN3O5SSi. The van der Waals surface area contributed by atoms with Gasteiger partial charge in [0.25, 0.3) is 0 Å². The van der Waals surface area contributed by atoms with Gasteiger partial charge in [0.2, 0.25) is 5.78 Å². The number of ketones is 1. The Morgan fingerprint density at radius 3 is 2.66 bits per heavy atom. The summed E-state index contributed by atoms with van der Waals surface area (Å²) >= 11 is 7.70. The van der Waals surface area contributed by atoms with Gasteiger partial charge in [0.05, 0.1) is 14.9 Å². The minimum absolute atomic E-state index is 0.109. The van der Waals surface area contributed by atoms with Gasteiger partial charge in [-0.2, -0.15) is 0 Å². The number of hydrogen-bond acceptors (Lipinski definition) is 8. The van der Waals surface area contributed by atoms with E-state index in [1.165, 1.54) is 17.7 Å². The first-order chi connectivity index (χ1) is 17.7. The summed E-state index contributed by atoms with van der Waals surface area (Å²) in [6.07, 6.45) is 1.56. The molecule has 5 rings (SSSR count). The Hall–Kier alpha value is -1.66. The highest BCUT2D eigenvalue weighted by Crippen LogP contribution is 2.46. The second kappa shape index (κ2) is 9.76. The molecule has 2 aliphatic rings. The van der Waals surface area contributed by atoms with Crippen LogP contribution in [0, 0.1) is 6.92 Å². The first-order valence-corrected chi connectivity index (χ1v) is 17.0. The second-order valence-electron chi connectivity index (χ2n) is 12.1. The predicted octanol–water partition coefficient (Wildman–Crippen LogP) is 6.32. The van der Waals surface area contributed by atoms with Gasteiger partial charge < -0.3 is 23.2 Å². The van der Waals surface area contributed by atoms with Crippen molar-refractivity contribution in [3.63, 3.8) is 0 Å². The molecule has 0 bridgehead atoms. The number of aromatic nitrogens is 3. The molecule has 5 heterocycles. The Morgan fingerprint density at radius 2 is 1.95 bits per heavy atom. The zero-order valence-corrected chi connectivity index (χ0v) is 25.8. The summed E-state index contributed by atoms with van der Waals surface area (Å²) in [4.78, 5) is 23.4. The number of carbonyl (C=O) groups excluding carboxylic acids is 1. The van der Waals surface area contributed by atoms with Crippen molar-refractivity contribution < 1.29 is 23.4 Å². The normalized spacial score (nSPS) is 25.3. The van der Waals surface area contributed by atoms with E-state index in [1.807, 2.05) is 43.7 Å². The number of fused-ring (bicyclic) bond motifs is 2. The summed E-state index contributed by atoms with van der Waals surface area (Å²) in [5.41, 5.74) is 2.48. The molecule has 4 atom stereocenters. The van der Waals surface area contributed by atoms with E-state index in [0.717, 1.165) is 22.3 Å². The highest BCUT2D eigenvalue weighted by molar-refractivity contribution is 7.18. The monoisotopic (exact) mass is 577 g/mol. The van der Waals surface area contributed by atoms with Gasteiger partial charge in [0.1, 0.15) is 24.2 Å². The maximum Gasteiger partial charge on any atom is 0.204 e. The molecule has 3 aromatic heterocycles. The van der Waals surface area contributed by atoms with Crippen LogP contribution >= 0.6 is 22.9 Å². The lowest BCUT2D eigenvalue weighted by atomic mass is 10.0. The van der Waals surface area contributed by atoms with E-state index >= 15 is 0 Å². The zero-order chi connectivity index (χ0) is 27.6. The number of thiophene rings is 1. The molecule has 3 aromatic rings. The van der Waals surface area contributed by atoms with Gasteiger partial charge in [-0.25, -0.2) is 9.97 Å². The zero-order valence-electron chi connectivity index (χ0n) is 23.2. The number of ether oxygens (including phenoxy) is 3. The van der Waals surface area contributed by atoms with Crippen LogP contribution in [0.3, 0.4) is 0 Å². The standard InChI is InChI=1S/C27H36ClN3O5SSi/c1-15-17-9-11-31(24(17)30-14-29-15)25-22-21(35-27(5,6)36-22)20(34-25)19(32)23-16(13-18(28)37-23)10-12-33-38(7,8)26(2,3)4/h9,11,13-14,20-22,25H,10,12H2,1-8H3/t20-,21-,22-,25-/m1/s1. The average Bonchev–Trinajstić information content (AvgIpc) is 3.54. The van der Waals surface area contributed by atoms with Crippen molar-refractivity contribution in [1.29, 1.82) is 0 Å². The lowest BCUT2D eigenvalue weighted by Crippen LogP contribution is -2.41. The molecule has 0 saturated carbocycles. The van der Waals surface area contributed by atoms with Crippen molar-refractivity contribution in [3.8, 4) is 0 Å². The summed E-state index contributed by atoms with van der Waals surface area (Å²) in [6, 6.07) is 3.83. The van der Waals surface area contributed by atoms with Crippen molar-refractivity contribution in [2.24, 2.45) is 0 Å². The van der Waals surface area contributed by atoms with Crippen molar-refractivity contribution in [2.75, 3.05) is 6.61 Å². The van der Waals surface area contributed by atoms with Gasteiger partial charge in [-0.15, -0.1) is 11.3 Å². The minimum Gasteiger partial charge on any atom is -0.416 e. The van der Waals surface area contributed by atoms with Crippen LogP contribution in [0.15, 0.2) is 24.7 Å². The summed E-state index contributed by atoms with van der Waals surface area (Å²) in [5.74, 6) is -0.998. The summed E-state index contributed by atoms with van der Waals surface area (Å²) in [5, 5.41) is 1.04. The molecule has 2 aliphatic heterocycles. The molecule has 0 aromatic carbocycles. The molecule has 38 heavy (non-hydrogen) atoms. The van der Waals surface area contributed by atoms with Crippen LogP contribution in [-0.2, 0) is 25.1 Å². The van der Waals surface area contributed by atoms with Gasteiger partial charge in [-0.3, -0.25) is 4.79 Å². The number of Topliss-reactive ketones (excluding diaryl/α,β-unsaturated/α-hetero) is 1. The molecule has 0 radical (unpaired) electrons. The molecule has 2 saturated heterocycles. The fourth-order valence-corrected chi connectivity index (χ4v) is 7.18. The number of hydrogen-bond donors (Lipinski definition) is 0. The predicted molar refractivity (Wildman–Crippen MR) is 151 cm³/mol. The number of rotatable bonds is 7. The van der Waals surface area contributed by atoms with Crippen LogP contribution in [0.25, 0.3) is 11.0 Å². The highest BCUT2D eigenvalue weighted by Gasteiger charge is 2.58. The van der Waals surface area contributed by atoms with E-state index < -0.39 is 38.6 Å². The Bertz CT molecular complexity index is 1360. The molecule has 0 N–H and O–H groups in total. The molecule has 8 nitrogen and oxygen atoms in total. The first-order valence-electron chi connectivity index (χ1n) is 12.9. The SMILES string of the molecule is Cc1ncnc2c1ccn2[C@@H]1O[C@H](C(=O)c2sc(Cl)cc2CCO[Si](C)(C)C(C)(C)C)[C@H]2OC(C)(C)O[C@H]21. The van der Waals surface area contributed by atoms with Gasteiger partial charge in [-0.1, -0.05) is 32.4 Å². The average molecular weight is 578 g/mol. The molecule has 206 valence electrons.